The Bertz CT molecular complexity index is 1190. The molecule has 4 N–H and O–H groups in total. The van der Waals surface area contributed by atoms with Crippen LogP contribution in [0.1, 0.15) is 0 Å². The van der Waals surface area contributed by atoms with Crippen LogP contribution in [0.3, 0.4) is 0 Å². The Labute approximate surface area is 200 Å². The van der Waals surface area contributed by atoms with Crippen LogP contribution in [-0.2, 0) is 0 Å². The molecule has 0 heterocycles. The lowest BCUT2D eigenvalue weighted by Gasteiger charge is -2.17. The van der Waals surface area contributed by atoms with Crippen LogP contribution in [0.25, 0.3) is 22.3 Å². The molecule has 3 nitrogen and oxygen atoms in total. The Kier molecular flexibility index (Phi) is 6.22. The van der Waals surface area contributed by atoms with E-state index in [1.807, 2.05) is 12.1 Å². The fraction of sp³-hybridized carbons (Fsp3) is 0. The van der Waals surface area contributed by atoms with Crippen molar-refractivity contribution in [2.45, 2.75) is 0 Å². The number of ether oxygens (including phenoxy) is 1. The van der Waals surface area contributed by atoms with Crippen molar-refractivity contribution < 1.29 is 4.74 Å². The molecule has 31 heavy (non-hydrogen) atoms. The number of benzene rings is 4. The molecule has 4 rings (SSSR count). The van der Waals surface area contributed by atoms with Gasteiger partial charge >= 0.3 is 0 Å². The number of halogens is 4. The summed E-state index contributed by atoms with van der Waals surface area (Å²) in [7, 11) is 0. The molecule has 0 aliphatic heterocycles. The second-order valence-electron chi connectivity index (χ2n) is 6.86. The van der Waals surface area contributed by atoms with E-state index < -0.39 is 0 Å². The van der Waals surface area contributed by atoms with Gasteiger partial charge in [0.05, 0.1) is 10.0 Å². The first-order valence-corrected chi connectivity index (χ1v) is 10.7. The van der Waals surface area contributed by atoms with Crippen LogP contribution < -0.4 is 16.2 Å². The molecule has 0 unspecified atom stereocenters. The minimum Gasteiger partial charge on any atom is -0.456 e. The maximum absolute atomic E-state index is 6.45. The lowest BCUT2D eigenvalue weighted by Crippen LogP contribution is -1.94. The molecule has 0 bridgehead atoms. The summed E-state index contributed by atoms with van der Waals surface area (Å²) in [5.41, 5.74) is 15.8. The maximum Gasteiger partial charge on any atom is 0.135 e. The van der Waals surface area contributed by atoms with Crippen LogP contribution in [0.5, 0.6) is 11.5 Å². The highest BCUT2D eigenvalue weighted by Crippen LogP contribution is 2.43. The molecule has 0 atom stereocenters. The summed E-state index contributed by atoms with van der Waals surface area (Å²) >= 11 is 25.4. The molecule has 0 saturated heterocycles. The maximum atomic E-state index is 6.45. The van der Waals surface area contributed by atoms with Crippen molar-refractivity contribution in [3.8, 4) is 33.8 Å². The lowest BCUT2D eigenvalue weighted by molar-refractivity contribution is 0.486. The van der Waals surface area contributed by atoms with E-state index in [-0.39, 0.29) is 0 Å². The highest BCUT2D eigenvalue weighted by molar-refractivity contribution is 6.35. The monoisotopic (exact) mass is 488 g/mol. The zero-order valence-electron chi connectivity index (χ0n) is 16.0. The molecule has 156 valence electrons. The molecule has 0 spiro atoms. The van der Waals surface area contributed by atoms with Gasteiger partial charge in [0, 0.05) is 43.7 Å². The molecule has 0 radical (unpaired) electrons. The average Bonchev–Trinajstić information content (AvgIpc) is 2.71. The van der Waals surface area contributed by atoms with E-state index in [9.17, 15) is 0 Å². The number of hydrogen-bond donors (Lipinski definition) is 2. The van der Waals surface area contributed by atoms with Crippen LogP contribution in [0.2, 0.25) is 20.1 Å². The SMILES string of the molecule is Nc1ccc(-c2cc(Cl)ccc2Oc2ccc(Cl)cc2-c2ccc(N)cc2Cl)c(Cl)c1. The number of hydrogen-bond acceptors (Lipinski definition) is 3. The van der Waals surface area contributed by atoms with E-state index in [0.717, 1.165) is 22.3 Å². The van der Waals surface area contributed by atoms with Crippen LogP contribution in [0.15, 0.2) is 72.8 Å². The minimum absolute atomic E-state index is 0.491. The van der Waals surface area contributed by atoms with Gasteiger partial charge in [-0.3, -0.25) is 0 Å². The molecule has 0 amide bonds. The topological polar surface area (TPSA) is 61.3 Å². The molecule has 0 aliphatic carbocycles. The van der Waals surface area contributed by atoms with Gasteiger partial charge < -0.3 is 16.2 Å². The Morgan fingerprint density at radius 1 is 0.484 bits per heavy atom. The molecule has 0 aliphatic rings. The van der Waals surface area contributed by atoms with Gasteiger partial charge in [0.25, 0.3) is 0 Å². The fourth-order valence-corrected chi connectivity index (χ4v) is 4.15. The van der Waals surface area contributed by atoms with Gasteiger partial charge in [0.15, 0.2) is 0 Å². The summed E-state index contributed by atoms with van der Waals surface area (Å²) in [6.45, 7) is 0. The molecule has 0 fully saturated rings. The molecule has 0 aromatic heterocycles. The number of nitrogen functional groups attached to an aromatic ring is 2. The van der Waals surface area contributed by atoms with Gasteiger partial charge in [-0.1, -0.05) is 58.5 Å². The van der Waals surface area contributed by atoms with Crippen molar-refractivity contribution in [1.29, 1.82) is 0 Å². The van der Waals surface area contributed by atoms with Crippen molar-refractivity contribution in [3.63, 3.8) is 0 Å². The zero-order valence-corrected chi connectivity index (χ0v) is 19.0. The predicted octanol–water partition coefficient (Wildman–Crippen LogP) is 8.59. The molecule has 4 aromatic carbocycles. The predicted molar refractivity (Wildman–Crippen MR) is 133 cm³/mol. The van der Waals surface area contributed by atoms with E-state index in [0.29, 0.717) is 43.0 Å². The highest BCUT2D eigenvalue weighted by atomic mass is 35.5. The van der Waals surface area contributed by atoms with Crippen LogP contribution in [0.4, 0.5) is 11.4 Å². The molecule has 0 saturated carbocycles. The molecular weight excluding hydrogens is 474 g/mol. The lowest BCUT2D eigenvalue weighted by atomic mass is 10.0. The Morgan fingerprint density at radius 2 is 0.903 bits per heavy atom. The van der Waals surface area contributed by atoms with Gasteiger partial charge in [-0.2, -0.15) is 0 Å². The van der Waals surface area contributed by atoms with Crippen molar-refractivity contribution in [3.05, 3.63) is 92.9 Å². The molecular formula is C24H16Cl4N2O. The van der Waals surface area contributed by atoms with E-state index >= 15 is 0 Å². The first-order chi connectivity index (χ1) is 14.8. The van der Waals surface area contributed by atoms with Gasteiger partial charge in [-0.15, -0.1) is 0 Å². The first-order valence-electron chi connectivity index (χ1n) is 9.19. The summed E-state index contributed by atoms with van der Waals surface area (Å²) in [4.78, 5) is 0. The molecule has 7 heteroatoms. The largest absolute Gasteiger partial charge is 0.456 e. The third-order valence-corrected chi connectivity index (χ3v) is 5.77. The highest BCUT2D eigenvalue weighted by Gasteiger charge is 2.16. The average molecular weight is 490 g/mol. The summed E-state index contributed by atoms with van der Waals surface area (Å²) < 4.78 is 6.33. The van der Waals surface area contributed by atoms with E-state index in [2.05, 4.69) is 0 Å². The third-order valence-electron chi connectivity index (χ3n) is 4.67. The second kappa shape index (κ2) is 8.89. The van der Waals surface area contributed by atoms with E-state index in [4.69, 9.17) is 62.6 Å². The number of anilines is 2. The minimum atomic E-state index is 0.491. The van der Waals surface area contributed by atoms with Gasteiger partial charge in [-0.05, 0) is 60.7 Å². The standard InChI is InChI=1S/C24H16Cl4N2O/c25-13-1-7-23(19(9-13)17-5-3-15(29)11-21(17)27)31-24-8-2-14(26)10-20(24)18-6-4-16(30)12-22(18)28/h1-12H,29-30H2. The second-order valence-corrected chi connectivity index (χ2v) is 8.55. The smallest absolute Gasteiger partial charge is 0.135 e. The van der Waals surface area contributed by atoms with Gasteiger partial charge in [-0.25, -0.2) is 0 Å². The van der Waals surface area contributed by atoms with Crippen LogP contribution in [-0.4, -0.2) is 0 Å². The van der Waals surface area contributed by atoms with Crippen molar-refractivity contribution in [1.82, 2.24) is 0 Å². The Morgan fingerprint density at radius 3 is 1.29 bits per heavy atom. The fourth-order valence-electron chi connectivity index (χ4n) is 3.22. The summed E-state index contributed by atoms with van der Waals surface area (Å²) in [6.07, 6.45) is 0. The summed E-state index contributed by atoms with van der Waals surface area (Å²) in [5.74, 6) is 1.12. The normalized spacial score (nSPS) is 10.8. The zero-order chi connectivity index (χ0) is 22.1. The number of nitrogens with two attached hydrogens (primary N) is 2. The summed E-state index contributed by atoms with van der Waals surface area (Å²) in [5, 5.41) is 2.08. The van der Waals surface area contributed by atoms with Crippen molar-refractivity contribution in [2.24, 2.45) is 0 Å². The third kappa shape index (κ3) is 4.70. The Hall–Kier alpha value is -2.56. The molecule has 4 aromatic rings. The van der Waals surface area contributed by atoms with Crippen LogP contribution in [0, 0.1) is 0 Å². The Balaban J connectivity index is 1.84. The quantitative estimate of drug-likeness (QED) is 0.282. The van der Waals surface area contributed by atoms with Gasteiger partial charge in [0.1, 0.15) is 11.5 Å². The van der Waals surface area contributed by atoms with E-state index in [1.54, 1.807) is 60.7 Å². The van der Waals surface area contributed by atoms with Crippen LogP contribution >= 0.6 is 46.4 Å². The van der Waals surface area contributed by atoms with Gasteiger partial charge in [0.2, 0.25) is 0 Å². The first kappa shape index (κ1) is 21.7. The van der Waals surface area contributed by atoms with Crippen molar-refractivity contribution in [2.75, 3.05) is 11.5 Å². The van der Waals surface area contributed by atoms with E-state index in [1.165, 1.54) is 0 Å². The number of rotatable bonds is 4. The summed E-state index contributed by atoms with van der Waals surface area (Å²) in [6, 6.07) is 21.2. The van der Waals surface area contributed by atoms with Crippen molar-refractivity contribution >= 4 is 57.8 Å².